The van der Waals surface area contributed by atoms with E-state index in [-0.39, 0.29) is 0 Å². The Kier molecular flexibility index (Phi) is 2.72. The first kappa shape index (κ1) is 9.78. The quantitative estimate of drug-likeness (QED) is 0.777. The van der Waals surface area contributed by atoms with E-state index in [0.29, 0.717) is 0 Å². The predicted molar refractivity (Wildman–Crippen MR) is 66.7 cm³/mol. The molecule has 1 heteroatoms. The van der Waals surface area contributed by atoms with E-state index in [4.69, 9.17) is 0 Å². The third-order valence-corrected chi connectivity index (χ3v) is 2.57. The minimum Gasteiger partial charge on any atom is -0.394 e. The standard InChI is InChI=1S/C14H15N/c1-11(10-15-2)13-8-7-12-5-3-4-6-14(12)9-13/h3-10,15H,1-2H3/b11-10+. The van der Waals surface area contributed by atoms with E-state index < -0.39 is 0 Å². The molecule has 1 N–H and O–H groups in total. The summed E-state index contributed by atoms with van der Waals surface area (Å²) < 4.78 is 0. The zero-order valence-corrected chi connectivity index (χ0v) is 9.12. The molecule has 0 aliphatic rings. The van der Waals surface area contributed by atoms with Crippen LogP contribution in [0.5, 0.6) is 0 Å². The Morgan fingerprint density at radius 2 is 1.80 bits per heavy atom. The van der Waals surface area contributed by atoms with Gasteiger partial charge in [-0.25, -0.2) is 0 Å². The zero-order valence-electron chi connectivity index (χ0n) is 9.12. The SMILES string of the molecule is CN/C=C(\C)c1ccc2ccccc2c1. The maximum atomic E-state index is 3.05. The number of benzene rings is 2. The molecule has 0 fully saturated rings. The minimum absolute atomic E-state index is 1.25. The first-order valence-corrected chi connectivity index (χ1v) is 5.14. The van der Waals surface area contributed by atoms with Gasteiger partial charge in [-0.1, -0.05) is 36.4 Å². The third kappa shape index (κ3) is 2.01. The van der Waals surface area contributed by atoms with E-state index >= 15 is 0 Å². The van der Waals surface area contributed by atoms with Crippen molar-refractivity contribution >= 4 is 16.3 Å². The van der Waals surface area contributed by atoms with Gasteiger partial charge >= 0.3 is 0 Å². The Morgan fingerprint density at radius 3 is 2.53 bits per heavy atom. The van der Waals surface area contributed by atoms with Gasteiger partial charge in [0.25, 0.3) is 0 Å². The number of hydrogen-bond acceptors (Lipinski definition) is 1. The van der Waals surface area contributed by atoms with Gasteiger partial charge in [-0.05, 0) is 41.1 Å². The zero-order chi connectivity index (χ0) is 10.7. The molecule has 0 spiro atoms. The van der Waals surface area contributed by atoms with E-state index in [1.165, 1.54) is 21.9 Å². The normalized spacial score (nSPS) is 11.7. The first-order chi connectivity index (χ1) is 7.31. The van der Waals surface area contributed by atoms with Crippen LogP contribution >= 0.6 is 0 Å². The lowest BCUT2D eigenvalue weighted by atomic mass is 10.0. The second-order valence-electron chi connectivity index (χ2n) is 3.68. The monoisotopic (exact) mass is 197 g/mol. The van der Waals surface area contributed by atoms with Gasteiger partial charge in [-0.15, -0.1) is 0 Å². The highest BCUT2D eigenvalue weighted by Gasteiger charge is 1.97. The fourth-order valence-corrected chi connectivity index (χ4v) is 1.73. The van der Waals surface area contributed by atoms with Crippen LogP contribution in [0.3, 0.4) is 0 Å². The number of allylic oxidation sites excluding steroid dienone is 1. The second kappa shape index (κ2) is 4.18. The molecule has 0 unspecified atom stereocenters. The molecule has 0 aliphatic carbocycles. The van der Waals surface area contributed by atoms with Gasteiger partial charge in [0.05, 0.1) is 0 Å². The number of hydrogen-bond donors (Lipinski definition) is 1. The maximum Gasteiger partial charge on any atom is 0.00278 e. The molecule has 2 aromatic carbocycles. The Balaban J connectivity index is 2.51. The molecule has 0 bridgehead atoms. The summed E-state index contributed by atoms with van der Waals surface area (Å²) in [6.45, 7) is 2.11. The van der Waals surface area contributed by atoms with Gasteiger partial charge < -0.3 is 5.32 Å². The topological polar surface area (TPSA) is 12.0 Å². The molecule has 2 aromatic rings. The Hall–Kier alpha value is -1.76. The Labute approximate surface area is 90.4 Å². The van der Waals surface area contributed by atoms with Gasteiger partial charge in [0, 0.05) is 7.05 Å². The Morgan fingerprint density at radius 1 is 1.07 bits per heavy atom. The van der Waals surface area contributed by atoms with Crippen molar-refractivity contribution in [1.82, 2.24) is 5.32 Å². The molecular weight excluding hydrogens is 182 g/mol. The summed E-state index contributed by atoms with van der Waals surface area (Å²) >= 11 is 0. The fourth-order valence-electron chi connectivity index (χ4n) is 1.73. The van der Waals surface area contributed by atoms with Gasteiger partial charge in [0.1, 0.15) is 0 Å². The summed E-state index contributed by atoms with van der Waals surface area (Å²) in [6, 6.07) is 15.0. The molecule has 0 saturated heterocycles. The fraction of sp³-hybridized carbons (Fsp3) is 0.143. The van der Waals surface area contributed by atoms with Crippen LogP contribution in [0.2, 0.25) is 0 Å². The molecule has 0 saturated carbocycles. The molecule has 0 radical (unpaired) electrons. The molecule has 0 aliphatic heterocycles. The van der Waals surface area contributed by atoms with Crippen molar-refractivity contribution in [2.24, 2.45) is 0 Å². The average Bonchev–Trinajstić information content (AvgIpc) is 2.29. The van der Waals surface area contributed by atoms with Crippen LogP contribution in [-0.4, -0.2) is 7.05 Å². The highest BCUT2D eigenvalue weighted by Crippen LogP contribution is 2.20. The lowest BCUT2D eigenvalue weighted by Gasteiger charge is -2.04. The third-order valence-electron chi connectivity index (χ3n) is 2.57. The molecule has 1 nitrogen and oxygen atoms in total. The molecule has 15 heavy (non-hydrogen) atoms. The molecule has 0 atom stereocenters. The van der Waals surface area contributed by atoms with Crippen LogP contribution < -0.4 is 5.32 Å². The highest BCUT2D eigenvalue weighted by molar-refractivity contribution is 5.85. The predicted octanol–water partition coefficient (Wildman–Crippen LogP) is 3.42. The van der Waals surface area contributed by atoms with Crippen molar-refractivity contribution in [3.63, 3.8) is 0 Å². The lowest BCUT2D eigenvalue weighted by Crippen LogP contribution is -1.94. The van der Waals surface area contributed by atoms with Gasteiger partial charge in [0.15, 0.2) is 0 Å². The average molecular weight is 197 g/mol. The van der Waals surface area contributed by atoms with Crippen molar-refractivity contribution in [1.29, 1.82) is 0 Å². The summed E-state index contributed by atoms with van der Waals surface area (Å²) in [5, 5.41) is 5.63. The van der Waals surface area contributed by atoms with Crippen molar-refractivity contribution in [2.75, 3.05) is 7.05 Å². The van der Waals surface area contributed by atoms with E-state index in [1.807, 2.05) is 13.2 Å². The molecule has 2 rings (SSSR count). The van der Waals surface area contributed by atoms with Gasteiger partial charge in [-0.3, -0.25) is 0 Å². The molecule has 0 amide bonds. The van der Waals surface area contributed by atoms with Crippen LogP contribution in [0.4, 0.5) is 0 Å². The summed E-state index contributed by atoms with van der Waals surface area (Å²) in [7, 11) is 1.92. The lowest BCUT2D eigenvalue weighted by molar-refractivity contribution is 1.10. The Bertz CT molecular complexity index is 497. The summed E-state index contributed by atoms with van der Waals surface area (Å²) in [5.41, 5.74) is 2.52. The van der Waals surface area contributed by atoms with E-state index in [0.717, 1.165) is 0 Å². The van der Waals surface area contributed by atoms with Crippen LogP contribution in [0.25, 0.3) is 16.3 Å². The van der Waals surface area contributed by atoms with E-state index in [2.05, 4.69) is 54.7 Å². The van der Waals surface area contributed by atoms with Crippen molar-refractivity contribution in [3.8, 4) is 0 Å². The van der Waals surface area contributed by atoms with Crippen molar-refractivity contribution in [3.05, 3.63) is 54.2 Å². The smallest absolute Gasteiger partial charge is 0.00278 e. The number of nitrogens with one attached hydrogen (secondary N) is 1. The number of rotatable bonds is 2. The van der Waals surface area contributed by atoms with Crippen LogP contribution in [0, 0.1) is 0 Å². The molecule has 76 valence electrons. The molecule has 0 heterocycles. The van der Waals surface area contributed by atoms with E-state index in [1.54, 1.807) is 0 Å². The van der Waals surface area contributed by atoms with E-state index in [9.17, 15) is 0 Å². The van der Waals surface area contributed by atoms with Crippen LogP contribution in [-0.2, 0) is 0 Å². The van der Waals surface area contributed by atoms with Gasteiger partial charge in [-0.2, -0.15) is 0 Å². The van der Waals surface area contributed by atoms with Gasteiger partial charge in [0.2, 0.25) is 0 Å². The summed E-state index contributed by atoms with van der Waals surface area (Å²) in [5.74, 6) is 0. The number of fused-ring (bicyclic) bond motifs is 1. The van der Waals surface area contributed by atoms with Crippen LogP contribution in [0.1, 0.15) is 12.5 Å². The summed E-state index contributed by atoms with van der Waals surface area (Å²) in [6.07, 6.45) is 2.02. The second-order valence-corrected chi connectivity index (χ2v) is 3.68. The highest BCUT2D eigenvalue weighted by atomic mass is 14.8. The minimum atomic E-state index is 1.25. The molecule has 0 aromatic heterocycles. The largest absolute Gasteiger partial charge is 0.394 e. The molecular formula is C14H15N. The summed E-state index contributed by atoms with van der Waals surface area (Å²) in [4.78, 5) is 0. The maximum absolute atomic E-state index is 3.05. The van der Waals surface area contributed by atoms with Crippen molar-refractivity contribution in [2.45, 2.75) is 6.92 Å². The van der Waals surface area contributed by atoms with Crippen LogP contribution in [0.15, 0.2) is 48.7 Å². The first-order valence-electron chi connectivity index (χ1n) is 5.14. The van der Waals surface area contributed by atoms with Crippen molar-refractivity contribution < 1.29 is 0 Å².